The van der Waals surface area contributed by atoms with Gasteiger partial charge in [-0.05, 0) is 123 Å². The molecule has 4 heterocycles. The van der Waals surface area contributed by atoms with E-state index in [0.29, 0.717) is 23.7 Å². The Morgan fingerprint density at radius 3 is 2.45 bits per heavy atom. The second kappa shape index (κ2) is 13.1. The Labute approximate surface area is 281 Å². The Morgan fingerprint density at radius 2 is 1.70 bits per heavy atom. The van der Waals surface area contributed by atoms with Crippen molar-refractivity contribution in [1.82, 2.24) is 14.3 Å². The van der Waals surface area contributed by atoms with Crippen LogP contribution in [0.5, 0.6) is 0 Å². The van der Waals surface area contributed by atoms with Gasteiger partial charge in [-0.3, -0.25) is 4.79 Å². The van der Waals surface area contributed by atoms with Gasteiger partial charge in [-0.15, -0.1) is 11.3 Å². The number of fused-ring (bicyclic) bond motifs is 1. The van der Waals surface area contributed by atoms with Crippen molar-refractivity contribution in [3.05, 3.63) is 77.7 Å². The van der Waals surface area contributed by atoms with Crippen LogP contribution < -0.4 is 4.90 Å². The number of thiazole rings is 1. The van der Waals surface area contributed by atoms with Crippen LogP contribution in [-0.4, -0.2) is 52.0 Å². The predicted octanol–water partition coefficient (Wildman–Crippen LogP) is 8.89. The minimum Gasteiger partial charge on any atom is -0.446 e. The second-order valence-electron chi connectivity index (χ2n) is 14.7. The highest BCUT2D eigenvalue weighted by Gasteiger charge is 2.36. The summed E-state index contributed by atoms with van der Waals surface area (Å²) in [5.41, 5.74) is 4.83. The van der Waals surface area contributed by atoms with Gasteiger partial charge in [0.2, 0.25) is 5.91 Å². The molecule has 1 saturated heterocycles. The molecule has 4 aliphatic rings. The summed E-state index contributed by atoms with van der Waals surface area (Å²) in [6, 6.07) is 17.3. The highest BCUT2D eigenvalue weighted by atomic mass is 32.1. The van der Waals surface area contributed by atoms with Crippen LogP contribution in [0.2, 0.25) is 0 Å². The molecule has 1 aromatic carbocycles. The summed E-state index contributed by atoms with van der Waals surface area (Å²) in [4.78, 5) is 36.8. The van der Waals surface area contributed by atoms with Gasteiger partial charge in [-0.1, -0.05) is 25.1 Å². The van der Waals surface area contributed by atoms with Crippen LogP contribution in [0.25, 0.3) is 16.0 Å². The normalized spacial score (nSPS) is 25.0. The number of carbonyl (C=O) groups excluding carboxylic acids is 2. The van der Waals surface area contributed by atoms with Crippen LogP contribution in [0.4, 0.5) is 10.5 Å². The van der Waals surface area contributed by atoms with Crippen LogP contribution in [0.3, 0.4) is 0 Å². The fourth-order valence-corrected chi connectivity index (χ4v) is 9.12. The molecule has 8 rings (SSSR count). The van der Waals surface area contributed by atoms with E-state index in [1.807, 2.05) is 6.20 Å². The van der Waals surface area contributed by atoms with Gasteiger partial charge in [0.1, 0.15) is 6.10 Å². The van der Waals surface area contributed by atoms with E-state index in [9.17, 15) is 9.59 Å². The van der Waals surface area contributed by atoms with Crippen molar-refractivity contribution in [3.63, 3.8) is 0 Å². The van der Waals surface area contributed by atoms with Gasteiger partial charge in [0.15, 0.2) is 0 Å². The van der Waals surface area contributed by atoms with Gasteiger partial charge in [0.25, 0.3) is 0 Å². The number of nitrogens with zero attached hydrogens (tertiary/aromatic N) is 4. The van der Waals surface area contributed by atoms with E-state index in [4.69, 9.17) is 9.72 Å². The zero-order valence-corrected chi connectivity index (χ0v) is 28.2. The van der Waals surface area contributed by atoms with Gasteiger partial charge >= 0.3 is 6.09 Å². The summed E-state index contributed by atoms with van der Waals surface area (Å²) in [5.74, 6) is 2.42. The van der Waals surface area contributed by atoms with Crippen LogP contribution in [0.1, 0.15) is 93.5 Å². The van der Waals surface area contributed by atoms with Gasteiger partial charge in [0, 0.05) is 61.3 Å². The molecule has 4 aromatic rings. The van der Waals surface area contributed by atoms with Crippen LogP contribution in [0.15, 0.2) is 67.1 Å². The summed E-state index contributed by atoms with van der Waals surface area (Å²) in [6.45, 7) is 4.48. The Kier molecular flexibility index (Phi) is 8.55. The topological polar surface area (TPSA) is 67.2 Å². The van der Waals surface area contributed by atoms with Gasteiger partial charge < -0.3 is 18.9 Å². The Morgan fingerprint density at radius 1 is 0.915 bits per heavy atom. The van der Waals surface area contributed by atoms with E-state index in [2.05, 4.69) is 77.1 Å². The quantitative estimate of drug-likeness (QED) is 0.191. The van der Waals surface area contributed by atoms with Gasteiger partial charge in [-0.25, -0.2) is 9.78 Å². The molecule has 7 nitrogen and oxygen atoms in total. The van der Waals surface area contributed by atoms with Gasteiger partial charge in [0.05, 0.1) is 9.88 Å². The van der Waals surface area contributed by atoms with E-state index < -0.39 is 0 Å². The lowest BCUT2D eigenvalue weighted by Crippen LogP contribution is -2.50. The molecule has 0 bridgehead atoms. The number of amides is 2. The number of ether oxygens (including phenoxy) is 1. The van der Waals surface area contributed by atoms with Crippen molar-refractivity contribution >= 4 is 34.5 Å². The zero-order valence-electron chi connectivity index (χ0n) is 27.4. The predicted molar refractivity (Wildman–Crippen MR) is 187 cm³/mol. The minimum atomic E-state index is -0.187. The lowest BCUT2D eigenvalue weighted by molar-refractivity contribution is -0.124. The third-order valence-corrected chi connectivity index (χ3v) is 12.3. The molecule has 0 N–H and O–H groups in total. The number of hydrogen-bond donors (Lipinski definition) is 0. The molecule has 0 atom stereocenters. The first-order chi connectivity index (χ1) is 23.0. The summed E-state index contributed by atoms with van der Waals surface area (Å²) in [5, 5.41) is 1.24. The van der Waals surface area contributed by atoms with E-state index in [-0.39, 0.29) is 24.0 Å². The first-order valence-corrected chi connectivity index (χ1v) is 18.7. The van der Waals surface area contributed by atoms with Crippen LogP contribution >= 0.6 is 11.3 Å². The maximum absolute atomic E-state index is 14.4. The van der Waals surface area contributed by atoms with E-state index in [0.717, 1.165) is 82.3 Å². The molecule has 8 heteroatoms. The Hall–Kier alpha value is -3.65. The molecular weight excluding hydrogens is 605 g/mol. The lowest BCUT2D eigenvalue weighted by Gasteiger charge is -2.38. The molecule has 3 aromatic heterocycles. The fourth-order valence-electron chi connectivity index (χ4n) is 8.04. The van der Waals surface area contributed by atoms with Crippen molar-refractivity contribution in [2.75, 3.05) is 24.5 Å². The Bertz CT molecular complexity index is 1690. The van der Waals surface area contributed by atoms with Crippen molar-refractivity contribution in [1.29, 1.82) is 0 Å². The second-order valence-corrected chi connectivity index (χ2v) is 15.8. The largest absolute Gasteiger partial charge is 0.446 e. The number of benzene rings is 1. The van der Waals surface area contributed by atoms with E-state index in [1.165, 1.54) is 33.8 Å². The average molecular weight is 651 g/mol. The highest BCUT2D eigenvalue weighted by Crippen LogP contribution is 2.44. The maximum atomic E-state index is 14.4. The van der Waals surface area contributed by atoms with Crippen LogP contribution in [-0.2, 0) is 9.53 Å². The van der Waals surface area contributed by atoms with Crippen molar-refractivity contribution < 1.29 is 14.3 Å². The smallest absolute Gasteiger partial charge is 0.410 e. The molecule has 0 spiro atoms. The highest BCUT2D eigenvalue weighted by molar-refractivity contribution is 7.15. The molecule has 2 amide bonds. The van der Waals surface area contributed by atoms with Crippen molar-refractivity contribution in [3.8, 4) is 10.4 Å². The SMILES string of the molecule is CC1CN(C(=O)OC2CCC(C(=O)N(CC3CCC(c4cc5ccccn5c4)CC3)c3cccc(-c4cnc(C5CC5)s4)c3)CC2)C1. The first kappa shape index (κ1) is 30.7. The number of rotatable bonds is 8. The minimum absolute atomic E-state index is 0.0485. The van der Waals surface area contributed by atoms with Crippen molar-refractivity contribution in [2.45, 2.75) is 89.1 Å². The molecule has 1 aliphatic heterocycles. The molecule has 246 valence electrons. The lowest BCUT2D eigenvalue weighted by atomic mass is 9.79. The summed E-state index contributed by atoms with van der Waals surface area (Å²) in [6.07, 6.45) is 16.2. The molecule has 3 saturated carbocycles. The third-order valence-electron chi connectivity index (χ3n) is 11.1. The zero-order chi connectivity index (χ0) is 31.9. The van der Waals surface area contributed by atoms with Gasteiger partial charge in [-0.2, -0.15) is 0 Å². The fraction of sp³-hybridized carbons (Fsp3) is 0.513. The molecule has 4 fully saturated rings. The summed E-state index contributed by atoms with van der Waals surface area (Å²) >= 11 is 1.80. The number of pyridine rings is 1. The monoisotopic (exact) mass is 650 g/mol. The molecular formula is C39H46N4O3S. The number of hydrogen-bond acceptors (Lipinski definition) is 5. The number of likely N-dealkylation sites (tertiary alicyclic amines) is 1. The summed E-state index contributed by atoms with van der Waals surface area (Å²) in [7, 11) is 0. The Balaban J connectivity index is 0.963. The number of anilines is 1. The first-order valence-electron chi connectivity index (χ1n) is 17.9. The summed E-state index contributed by atoms with van der Waals surface area (Å²) < 4.78 is 8.08. The standard InChI is InChI=1S/C39H46N4O3S/c1-26-22-42(23-26)39(45)46-35-16-14-30(15-17-35)38(44)43(34-7-4-5-31(19-34)36-21-40-37(47-36)29-12-13-29)24-27-8-10-28(11-9-27)32-20-33-6-2-3-18-41(33)25-32/h2-7,18-21,25-30,35H,8-17,22-24H2,1H3. The van der Waals surface area contributed by atoms with E-state index in [1.54, 1.807) is 16.2 Å². The molecule has 3 aliphatic carbocycles. The van der Waals surface area contributed by atoms with E-state index >= 15 is 0 Å². The maximum Gasteiger partial charge on any atom is 0.410 e. The number of carbonyl (C=O) groups is 2. The van der Waals surface area contributed by atoms with Crippen LogP contribution in [0, 0.1) is 17.8 Å². The van der Waals surface area contributed by atoms with Crippen molar-refractivity contribution in [2.24, 2.45) is 17.8 Å². The molecule has 0 radical (unpaired) electrons. The molecule has 47 heavy (non-hydrogen) atoms. The molecule has 0 unspecified atom stereocenters. The third kappa shape index (κ3) is 6.71. The number of aromatic nitrogens is 2. The average Bonchev–Trinajstić information content (AvgIpc) is 3.64.